The Morgan fingerprint density at radius 2 is 1.74 bits per heavy atom. The van der Waals surface area contributed by atoms with Gasteiger partial charge in [-0.2, -0.15) is 13.2 Å². The Hall–Kier alpha value is -3.21. The van der Waals surface area contributed by atoms with Crippen molar-refractivity contribution in [2.24, 2.45) is 5.73 Å². The van der Waals surface area contributed by atoms with Crippen molar-refractivity contribution in [3.63, 3.8) is 0 Å². The van der Waals surface area contributed by atoms with Crippen molar-refractivity contribution in [3.05, 3.63) is 65.0 Å². The molecule has 2 aromatic carbocycles. The van der Waals surface area contributed by atoms with Crippen LogP contribution < -0.4 is 11.5 Å². The number of hydrogen-bond donors (Lipinski definition) is 3. The third kappa shape index (κ3) is 5.90. The number of pyridine rings is 1. The number of imidazole rings is 1. The van der Waals surface area contributed by atoms with Crippen LogP contribution in [0.15, 0.2) is 42.5 Å². The maximum Gasteiger partial charge on any atom is 0.411 e. The number of benzene rings is 2. The highest BCUT2D eigenvalue weighted by Crippen LogP contribution is 2.31. The number of nitrogens with zero attached hydrogens (tertiary/aromatic N) is 3. The molecule has 186 valence electrons. The van der Waals surface area contributed by atoms with Crippen LogP contribution in [0.1, 0.15) is 36.4 Å². The molecule has 7 nitrogen and oxygen atoms in total. The largest absolute Gasteiger partial charge is 0.411 e. The van der Waals surface area contributed by atoms with Crippen molar-refractivity contribution in [2.45, 2.75) is 51.7 Å². The van der Waals surface area contributed by atoms with Gasteiger partial charge in [0.2, 0.25) is 0 Å². The predicted octanol–water partition coefficient (Wildman–Crippen LogP) is 4.07. The van der Waals surface area contributed by atoms with E-state index in [9.17, 15) is 18.3 Å². The van der Waals surface area contributed by atoms with Crippen LogP contribution in [0.5, 0.6) is 0 Å². The number of halogens is 3. The average molecular weight is 488 g/mol. The number of nitrogen functional groups attached to an aromatic ring is 1. The lowest BCUT2D eigenvalue weighted by atomic mass is 10.0. The van der Waals surface area contributed by atoms with E-state index in [-0.39, 0.29) is 24.8 Å². The van der Waals surface area contributed by atoms with E-state index in [1.165, 1.54) is 0 Å². The summed E-state index contributed by atoms with van der Waals surface area (Å²) >= 11 is 0. The molecule has 0 aliphatic heterocycles. The minimum atomic E-state index is -4.46. The standard InChI is InChI=1S/C25H28F3N5O2/c1-24(2,34)13-33-20(12-35-14-25(26,27)28)32-21-22(33)18-7-6-16(10-19(18)31-23(21)30)8-15-4-3-5-17(9-15)11-29/h3-7,9-10,34H,8,11-14,29H2,1-2H3,(H2,30,31). The molecule has 0 spiro atoms. The number of rotatable bonds is 8. The van der Waals surface area contributed by atoms with E-state index in [4.69, 9.17) is 16.2 Å². The molecule has 4 aromatic rings. The van der Waals surface area contributed by atoms with Crippen LogP contribution in [-0.4, -0.2) is 38.0 Å². The smallest absolute Gasteiger partial charge is 0.389 e. The van der Waals surface area contributed by atoms with E-state index in [0.29, 0.717) is 29.5 Å². The topological polar surface area (TPSA) is 112 Å². The summed E-state index contributed by atoms with van der Waals surface area (Å²) in [6, 6.07) is 13.8. The van der Waals surface area contributed by atoms with E-state index in [2.05, 4.69) is 16.0 Å². The molecule has 35 heavy (non-hydrogen) atoms. The summed E-state index contributed by atoms with van der Waals surface area (Å²) < 4.78 is 44.4. The number of alkyl halides is 3. The molecule has 2 aromatic heterocycles. The van der Waals surface area contributed by atoms with Crippen LogP contribution in [0, 0.1) is 0 Å². The van der Waals surface area contributed by atoms with Gasteiger partial charge in [0.1, 0.15) is 24.6 Å². The first-order chi connectivity index (χ1) is 16.4. The normalized spacial score (nSPS) is 12.7. The summed E-state index contributed by atoms with van der Waals surface area (Å²) in [7, 11) is 0. The maximum absolute atomic E-state index is 12.6. The van der Waals surface area contributed by atoms with Gasteiger partial charge in [-0.3, -0.25) is 0 Å². The van der Waals surface area contributed by atoms with Crippen LogP contribution in [0.25, 0.3) is 21.9 Å². The van der Waals surface area contributed by atoms with Gasteiger partial charge in [0.05, 0.1) is 23.2 Å². The fourth-order valence-electron chi connectivity index (χ4n) is 4.14. The first kappa shape index (κ1) is 24.9. The third-order valence-electron chi connectivity index (χ3n) is 5.52. The lowest BCUT2D eigenvalue weighted by Crippen LogP contribution is -2.27. The van der Waals surface area contributed by atoms with E-state index < -0.39 is 18.4 Å². The fraction of sp³-hybridized carbons (Fsp3) is 0.360. The van der Waals surface area contributed by atoms with Crippen molar-refractivity contribution in [1.29, 1.82) is 0 Å². The zero-order valence-corrected chi connectivity index (χ0v) is 19.6. The van der Waals surface area contributed by atoms with Crippen molar-refractivity contribution in [1.82, 2.24) is 14.5 Å². The van der Waals surface area contributed by atoms with E-state index in [1.54, 1.807) is 18.4 Å². The molecule has 5 N–H and O–H groups in total. The lowest BCUT2D eigenvalue weighted by molar-refractivity contribution is -0.177. The van der Waals surface area contributed by atoms with Gasteiger partial charge in [0.25, 0.3) is 0 Å². The van der Waals surface area contributed by atoms with Crippen LogP contribution in [0.4, 0.5) is 19.0 Å². The van der Waals surface area contributed by atoms with E-state index >= 15 is 0 Å². The minimum Gasteiger partial charge on any atom is -0.389 e. The molecule has 0 saturated carbocycles. The molecular weight excluding hydrogens is 459 g/mol. The number of ether oxygens (including phenoxy) is 1. The number of fused-ring (bicyclic) bond motifs is 3. The summed E-state index contributed by atoms with van der Waals surface area (Å²) in [5, 5.41) is 11.2. The highest BCUT2D eigenvalue weighted by atomic mass is 19.4. The van der Waals surface area contributed by atoms with Crippen LogP contribution in [0.2, 0.25) is 0 Å². The molecular formula is C25H28F3N5O2. The number of aromatic nitrogens is 3. The number of nitrogens with two attached hydrogens (primary N) is 2. The molecule has 0 aliphatic rings. The van der Waals surface area contributed by atoms with Crippen molar-refractivity contribution < 1.29 is 23.0 Å². The Balaban J connectivity index is 1.78. The number of hydrogen-bond acceptors (Lipinski definition) is 6. The SMILES string of the molecule is CC(C)(O)Cn1c(COCC(F)(F)F)nc2c(N)nc3cc(Cc4cccc(CN)c4)ccc3c21. The predicted molar refractivity (Wildman–Crippen MR) is 129 cm³/mol. The Kier molecular flexibility index (Phi) is 6.72. The first-order valence-corrected chi connectivity index (χ1v) is 11.2. The summed E-state index contributed by atoms with van der Waals surface area (Å²) in [4.78, 5) is 8.94. The molecule has 0 atom stereocenters. The lowest BCUT2D eigenvalue weighted by Gasteiger charge is -2.21. The van der Waals surface area contributed by atoms with E-state index in [1.807, 2.05) is 36.4 Å². The van der Waals surface area contributed by atoms with Gasteiger partial charge in [0, 0.05) is 11.9 Å². The van der Waals surface area contributed by atoms with Crippen LogP contribution >= 0.6 is 0 Å². The molecule has 0 unspecified atom stereocenters. The van der Waals surface area contributed by atoms with Gasteiger partial charge in [-0.25, -0.2) is 9.97 Å². The second kappa shape index (κ2) is 9.44. The van der Waals surface area contributed by atoms with E-state index in [0.717, 1.165) is 22.1 Å². The second-order valence-electron chi connectivity index (χ2n) is 9.28. The molecule has 10 heteroatoms. The zero-order chi connectivity index (χ0) is 25.4. The molecule has 0 fully saturated rings. The monoisotopic (exact) mass is 487 g/mol. The molecule has 0 radical (unpaired) electrons. The molecule has 0 amide bonds. The highest BCUT2D eigenvalue weighted by molar-refractivity contribution is 6.06. The third-order valence-corrected chi connectivity index (χ3v) is 5.52. The molecule has 0 aliphatic carbocycles. The van der Waals surface area contributed by atoms with Gasteiger partial charge in [-0.05, 0) is 43.0 Å². The van der Waals surface area contributed by atoms with Crippen LogP contribution in [0.3, 0.4) is 0 Å². The Morgan fingerprint density at radius 3 is 2.43 bits per heavy atom. The molecule has 4 rings (SSSR count). The first-order valence-electron chi connectivity index (χ1n) is 11.2. The summed E-state index contributed by atoms with van der Waals surface area (Å²) in [5.74, 6) is 0.386. The van der Waals surface area contributed by atoms with Crippen LogP contribution in [-0.2, 0) is 30.9 Å². The summed E-state index contributed by atoms with van der Waals surface area (Å²) in [6.07, 6.45) is -3.79. The Morgan fingerprint density at radius 1 is 1.03 bits per heavy atom. The van der Waals surface area contributed by atoms with Gasteiger partial charge >= 0.3 is 6.18 Å². The molecule has 0 bridgehead atoms. The molecule has 0 saturated heterocycles. The van der Waals surface area contributed by atoms with Gasteiger partial charge in [0.15, 0.2) is 5.82 Å². The summed E-state index contributed by atoms with van der Waals surface area (Å²) in [5.41, 5.74) is 15.6. The zero-order valence-electron chi connectivity index (χ0n) is 19.6. The number of aliphatic hydroxyl groups is 1. The fourth-order valence-corrected chi connectivity index (χ4v) is 4.14. The van der Waals surface area contributed by atoms with Gasteiger partial charge in [-0.1, -0.05) is 36.4 Å². The van der Waals surface area contributed by atoms with Crippen molar-refractivity contribution in [3.8, 4) is 0 Å². The van der Waals surface area contributed by atoms with Crippen molar-refractivity contribution in [2.75, 3.05) is 12.3 Å². The summed E-state index contributed by atoms with van der Waals surface area (Å²) in [6.45, 7) is 1.98. The Bertz CT molecular complexity index is 1360. The van der Waals surface area contributed by atoms with Gasteiger partial charge < -0.3 is 25.9 Å². The minimum absolute atomic E-state index is 0.0837. The van der Waals surface area contributed by atoms with Crippen molar-refractivity contribution >= 4 is 27.8 Å². The number of anilines is 1. The average Bonchev–Trinajstić information content (AvgIpc) is 3.10. The highest BCUT2D eigenvalue weighted by Gasteiger charge is 2.28. The van der Waals surface area contributed by atoms with Gasteiger partial charge in [-0.15, -0.1) is 0 Å². The quantitative estimate of drug-likeness (QED) is 0.346. The maximum atomic E-state index is 12.6. The Labute approximate surface area is 200 Å². The molecule has 2 heterocycles. The second-order valence-corrected chi connectivity index (χ2v) is 9.28.